The third kappa shape index (κ3) is 2.73. The summed E-state index contributed by atoms with van der Waals surface area (Å²) in [6.07, 6.45) is 8.22. The van der Waals surface area contributed by atoms with Crippen molar-refractivity contribution in [3.8, 4) is 0 Å². The standard InChI is InChI=1S/C16H23N5O2/c17-13(23)12-8-18-15(19-10-2-1-3-11(22)4-10)20-14(12)21-16-5-9(6-16)7-16/h8-11,22H,1-7H2,(H2,17,23)(H2,18,19,20,21). The van der Waals surface area contributed by atoms with Gasteiger partial charge in [-0.25, -0.2) is 4.98 Å². The van der Waals surface area contributed by atoms with Gasteiger partial charge in [0.1, 0.15) is 5.82 Å². The molecule has 1 amide bonds. The van der Waals surface area contributed by atoms with E-state index in [-0.39, 0.29) is 17.7 Å². The molecule has 4 fully saturated rings. The van der Waals surface area contributed by atoms with Gasteiger partial charge >= 0.3 is 0 Å². The molecule has 4 aliphatic carbocycles. The van der Waals surface area contributed by atoms with Gasteiger partial charge in [-0.1, -0.05) is 0 Å². The molecular weight excluding hydrogens is 294 g/mol. The first-order chi connectivity index (χ1) is 11.0. The summed E-state index contributed by atoms with van der Waals surface area (Å²) in [7, 11) is 0. The largest absolute Gasteiger partial charge is 0.393 e. The number of primary amides is 1. The van der Waals surface area contributed by atoms with Gasteiger partial charge in [-0.2, -0.15) is 4.98 Å². The predicted molar refractivity (Wildman–Crippen MR) is 86.1 cm³/mol. The summed E-state index contributed by atoms with van der Waals surface area (Å²) in [5.41, 5.74) is 5.90. The van der Waals surface area contributed by atoms with Gasteiger partial charge in [0.25, 0.3) is 5.91 Å². The number of nitrogens with two attached hydrogens (primary N) is 1. The summed E-state index contributed by atoms with van der Waals surface area (Å²) in [6.45, 7) is 0. The molecule has 5 rings (SSSR count). The van der Waals surface area contributed by atoms with Crippen LogP contribution in [0.4, 0.5) is 11.8 Å². The van der Waals surface area contributed by atoms with Crippen molar-refractivity contribution < 1.29 is 9.90 Å². The van der Waals surface area contributed by atoms with Crippen LogP contribution in [0.15, 0.2) is 6.20 Å². The van der Waals surface area contributed by atoms with Gasteiger partial charge < -0.3 is 21.5 Å². The minimum Gasteiger partial charge on any atom is -0.393 e. The van der Waals surface area contributed by atoms with Crippen LogP contribution in [-0.2, 0) is 0 Å². The molecule has 1 heterocycles. The van der Waals surface area contributed by atoms with E-state index < -0.39 is 5.91 Å². The van der Waals surface area contributed by atoms with Crippen LogP contribution < -0.4 is 16.4 Å². The van der Waals surface area contributed by atoms with E-state index in [1.54, 1.807) is 0 Å². The molecule has 7 heteroatoms. The van der Waals surface area contributed by atoms with Crippen molar-refractivity contribution in [3.05, 3.63) is 11.8 Å². The number of rotatable bonds is 5. The lowest BCUT2D eigenvalue weighted by atomic mass is 9.50. The number of hydrogen-bond acceptors (Lipinski definition) is 6. The van der Waals surface area contributed by atoms with Gasteiger partial charge in [0.15, 0.2) is 0 Å². The highest BCUT2D eigenvalue weighted by atomic mass is 16.3. The zero-order valence-corrected chi connectivity index (χ0v) is 13.1. The van der Waals surface area contributed by atoms with E-state index in [4.69, 9.17) is 5.73 Å². The van der Waals surface area contributed by atoms with Crippen LogP contribution in [0, 0.1) is 5.92 Å². The molecule has 0 saturated heterocycles. The lowest BCUT2D eigenvalue weighted by Crippen LogP contribution is -2.63. The Hall–Kier alpha value is -1.89. The molecular formula is C16H23N5O2. The molecule has 23 heavy (non-hydrogen) atoms. The van der Waals surface area contributed by atoms with E-state index in [0.29, 0.717) is 23.8 Å². The maximum atomic E-state index is 11.6. The second-order valence-corrected chi connectivity index (χ2v) is 7.37. The maximum Gasteiger partial charge on any atom is 0.254 e. The topological polar surface area (TPSA) is 113 Å². The van der Waals surface area contributed by atoms with Crippen LogP contribution in [0.5, 0.6) is 0 Å². The van der Waals surface area contributed by atoms with E-state index in [0.717, 1.165) is 44.4 Å². The second-order valence-electron chi connectivity index (χ2n) is 7.37. The number of nitrogens with zero attached hydrogens (tertiary/aromatic N) is 2. The van der Waals surface area contributed by atoms with Gasteiger partial charge in [0.05, 0.1) is 11.7 Å². The first-order valence-corrected chi connectivity index (χ1v) is 8.43. The van der Waals surface area contributed by atoms with Crippen molar-refractivity contribution >= 4 is 17.7 Å². The summed E-state index contributed by atoms with van der Waals surface area (Å²) in [5.74, 6) is 1.34. The van der Waals surface area contributed by atoms with Crippen molar-refractivity contribution in [3.63, 3.8) is 0 Å². The number of anilines is 2. The average molecular weight is 317 g/mol. The third-order valence-electron chi connectivity index (χ3n) is 5.46. The molecule has 5 N–H and O–H groups in total. The van der Waals surface area contributed by atoms with Gasteiger partial charge in [-0.15, -0.1) is 0 Å². The Balaban J connectivity index is 1.52. The zero-order chi connectivity index (χ0) is 16.0. The van der Waals surface area contributed by atoms with Crippen molar-refractivity contribution in [1.29, 1.82) is 0 Å². The van der Waals surface area contributed by atoms with Crippen LogP contribution in [0.25, 0.3) is 0 Å². The summed E-state index contributed by atoms with van der Waals surface area (Å²) in [5, 5.41) is 16.5. The van der Waals surface area contributed by atoms with Gasteiger partial charge in [0, 0.05) is 17.8 Å². The molecule has 0 radical (unpaired) electrons. The summed E-state index contributed by atoms with van der Waals surface area (Å²) >= 11 is 0. The van der Waals surface area contributed by atoms with Crippen molar-refractivity contribution in [2.75, 3.05) is 10.6 Å². The molecule has 4 saturated carbocycles. The number of aliphatic hydroxyl groups excluding tert-OH is 1. The number of amides is 1. The summed E-state index contributed by atoms with van der Waals surface area (Å²) in [4.78, 5) is 20.3. The average Bonchev–Trinajstić information content (AvgIpc) is 2.41. The number of carbonyl (C=O) groups excluding carboxylic acids is 1. The molecule has 7 nitrogen and oxygen atoms in total. The Morgan fingerprint density at radius 3 is 2.74 bits per heavy atom. The molecule has 2 atom stereocenters. The Bertz CT molecular complexity index is 618. The smallest absolute Gasteiger partial charge is 0.254 e. The van der Waals surface area contributed by atoms with Crippen LogP contribution in [0.3, 0.4) is 0 Å². The number of aromatic nitrogens is 2. The first-order valence-electron chi connectivity index (χ1n) is 8.43. The first kappa shape index (κ1) is 14.7. The van der Waals surface area contributed by atoms with Crippen LogP contribution in [0.1, 0.15) is 55.3 Å². The highest BCUT2D eigenvalue weighted by Crippen LogP contribution is 2.58. The lowest BCUT2D eigenvalue weighted by Gasteiger charge is -2.62. The third-order valence-corrected chi connectivity index (χ3v) is 5.46. The van der Waals surface area contributed by atoms with E-state index >= 15 is 0 Å². The van der Waals surface area contributed by atoms with E-state index in [1.807, 2.05) is 0 Å². The Morgan fingerprint density at radius 2 is 2.13 bits per heavy atom. The highest BCUT2D eigenvalue weighted by molar-refractivity contribution is 5.97. The number of carbonyl (C=O) groups is 1. The Labute approximate surface area is 135 Å². The van der Waals surface area contributed by atoms with Crippen LogP contribution >= 0.6 is 0 Å². The van der Waals surface area contributed by atoms with Crippen molar-refractivity contribution in [1.82, 2.24) is 9.97 Å². The van der Waals surface area contributed by atoms with Crippen molar-refractivity contribution in [2.24, 2.45) is 11.7 Å². The molecule has 2 bridgehead atoms. The van der Waals surface area contributed by atoms with Crippen LogP contribution in [-0.4, -0.2) is 38.7 Å². The normalized spacial score (nSPS) is 34.9. The molecule has 124 valence electrons. The molecule has 4 aliphatic rings. The van der Waals surface area contributed by atoms with Gasteiger partial charge in [0.2, 0.25) is 5.95 Å². The zero-order valence-electron chi connectivity index (χ0n) is 13.1. The summed E-state index contributed by atoms with van der Waals surface area (Å²) in [6, 6.07) is 0.168. The van der Waals surface area contributed by atoms with Crippen LogP contribution in [0.2, 0.25) is 0 Å². The molecule has 0 spiro atoms. The highest BCUT2D eigenvalue weighted by Gasteiger charge is 2.57. The number of aliphatic hydroxyl groups is 1. The minimum absolute atomic E-state index is 0.113. The minimum atomic E-state index is -0.515. The number of hydrogen-bond donors (Lipinski definition) is 4. The molecule has 0 aliphatic heterocycles. The monoisotopic (exact) mass is 317 g/mol. The molecule has 1 aromatic rings. The fourth-order valence-electron chi connectivity index (χ4n) is 4.09. The Kier molecular flexibility index (Phi) is 3.41. The fourth-order valence-corrected chi connectivity index (χ4v) is 4.09. The molecule has 0 aromatic carbocycles. The maximum absolute atomic E-state index is 11.6. The van der Waals surface area contributed by atoms with Crippen molar-refractivity contribution in [2.45, 2.75) is 62.6 Å². The second kappa shape index (κ2) is 5.33. The van der Waals surface area contributed by atoms with E-state index in [9.17, 15) is 9.90 Å². The Morgan fingerprint density at radius 1 is 1.35 bits per heavy atom. The molecule has 2 unspecified atom stereocenters. The van der Waals surface area contributed by atoms with Gasteiger partial charge in [-0.3, -0.25) is 4.79 Å². The van der Waals surface area contributed by atoms with Gasteiger partial charge in [-0.05, 0) is 50.9 Å². The quantitative estimate of drug-likeness (QED) is 0.650. The lowest BCUT2D eigenvalue weighted by molar-refractivity contribution is 0.00177. The SMILES string of the molecule is NC(=O)c1cnc(NC2CCCC(O)C2)nc1NC12CC(C1)C2. The van der Waals surface area contributed by atoms with E-state index in [2.05, 4.69) is 20.6 Å². The summed E-state index contributed by atoms with van der Waals surface area (Å²) < 4.78 is 0. The fraction of sp³-hybridized carbons (Fsp3) is 0.688. The predicted octanol–water partition coefficient (Wildman–Crippen LogP) is 1.26. The number of nitrogens with one attached hydrogen (secondary N) is 2. The van der Waals surface area contributed by atoms with E-state index in [1.165, 1.54) is 6.20 Å². The molecule has 1 aromatic heterocycles.